The van der Waals surface area contributed by atoms with Crippen LogP contribution in [-0.4, -0.2) is 69.8 Å². The number of halogens is 1. The van der Waals surface area contributed by atoms with Crippen LogP contribution in [0.2, 0.25) is 5.15 Å². The first kappa shape index (κ1) is 23.6. The van der Waals surface area contributed by atoms with E-state index in [9.17, 15) is 9.90 Å². The number of ether oxygens (including phenoxy) is 1. The molecule has 0 saturated carbocycles. The molecule has 12 heteroatoms. The van der Waals surface area contributed by atoms with E-state index in [0.29, 0.717) is 18.9 Å². The number of hydrogen-bond donors (Lipinski definition) is 5. The molecule has 7 N–H and O–H groups in total. The Kier molecular flexibility index (Phi) is 6.39. The van der Waals surface area contributed by atoms with E-state index < -0.39 is 12.1 Å². The van der Waals surface area contributed by atoms with Gasteiger partial charge in [-0.3, -0.25) is 20.0 Å². The average molecular weight is 501 g/mol. The van der Waals surface area contributed by atoms with Gasteiger partial charge in [-0.1, -0.05) is 23.7 Å². The summed E-state index contributed by atoms with van der Waals surface area (Å²) in [5.74, 6) is 0.635. The molecule has 186 valence electrons. The molecule has 35 heavy (non-hydrogen) atoms. The van der Waals surface area contributed by atoms with Crippen LogP contribution in [-0.2, 0) is 12.8 Å². The summed E-state index contributed by atoms with van der Waals surface area (Å²) in [6, 6.07) is 6.29. The molecule has 3 aliphatic rings. The van der Waals surface area contributed by atoms with Crippen molar-refractivity contribution >= 4 is 35.1 Å². The van der Waals surface area contributed by atoms with Gasteiger partial charge in [0.05, 0.1) is 18.7 Å². The van der Waals surface area contributed by atoms with Gasteiger partial charge in [0.25, 0.3) is 5.91 Å². The summed E-state index contributed by atoms with van der Waals surface area (Å²) < 4.78 is 5.57. The van der Waals surface area contributed by atoms with Gasteiger partial charge in [0, 0.05) is 19.5 Å². The van der Waals surface area contributed by atoms with Crippen LogP contribution in [0.15, 0.2) is 23.2 Å². The van der Waals surface area contributed by atoms with Crippen molar-refractivity contribution in [1.29, 1.82) is 0 Å². The molecule has 11 nitrogen and oxygen atoms in total. The third kappa shape index (κ3) is 4.97. The van der Waals surface area contributed by atoms with Crippen molar-refractivity contribution in [3.8, 4) is 5.75 Å². The van der Waals surface area contributed by atoms with E-state index in [1.807, 2.05) is 6.07 Å². The summed E-state index contributed by atoms with van der Waals surface area (Å²) in [7, 11) is 0. The second-order valence-corrected chi connectivity index (χ2v) is 9.61. The van der Waals surface area contributed by atoms with E-state index in [0.717, 1.165) is 51.1 Å². The van der Waals surface area contributed by atoms with Crippen LogP contribution in [0, 0.1) is 0 Å². The lowest BCUT2D eigenvalue weighted by Crippen LogP contribution is -2.57. The largest absolute Gasteiger partial charge is 0.493 e. The quantitative estimate of drug-likeness (QED) is 0.397. The Hall–Kier alpha value is -3.15. The van der Waals surface area contributed by atoms with Gasteiger partial charge in [-0.15, -0.1) is 0 Å². The highest BCUT2D eigenvalue weighted by Crippen LogP contribution is 2.29. The Labute approximate surface area is 207 Å². The number of carbonyl (C=O) groups excluding carboxylic acids is 1. The number of nitrogens with one attached hydrogen (secondary N) is 2. The lowest BCUT2D eigenvalue weighted by atomic mass is 9.88. The van der Waals surface area contributed by atoms with Gasteiger partial charge in [-0.25, -0.2) is 9.97 Å². The SMILES string of the molecule is Nc1nc(N)c(C(=O)NC2=NCC3(CCN(C(O)CCc4ccc5c(c4)CCO5)CC3)N2)nc1Cl. The molecule has 1 aromatic carbocycles. The van der Waals surface area contributed by atoms with E-state index in [2.05, 4.69) is 42.6 Å². The van der Waals surface area contributed by atoms with Crippen LogP contribution in [0.3, 0.4) is 0 Å². The topological polar surface area (TPSA) is 164 Å². The first-order valence-corrected chi connectivity index (χ1v) is 12.1. The number of aliphatic hydroxyl groups excluding tert-OH is 1. The summed E-state index contributed by atoms with van der Waals surface area (Å²) in [4.78, 5) is 26.9. The molecule has 1 unspecified atom stereocenters. The number of benzene rings is 1. The number of aromatic nitrogens is 2. The molecule has 1 atom stereocenters. The van der Waals surface area contributed by atoms with E-state index in [4.69, 9.17) is 27.8 Å². The fraction of sp³-hybridized carbons (Fsp3) is 0.478. The molecule has 1 aromatic heterocycles. The Morgan fingerprint density at radius 1 is 1.29 bits per heavy atom. The predicted octanol–water partition coefficient (Wildman–Crippen LogP) is 0.704. The summed E-state index contributed by atoms with van der Waals surface area (Å²) >= 11 is 5.87. The molecule has 0 radical (unpaired) electrons. The number of carbonyl (C=O) groups is 1. The highest BCUT2D eigenvalue weighted by Gasteiger charge is 2.40. The number of aryl methyl sites for hydroxylation is 1. The molecule has 0 aliphatic carbocycles. The second-order valence-electron chi connectivity index (χ2n) is 9.25. The van der Waals surface area contributed by atoms with Crippen molar-refractivity contribution in [2.45, 2.75) is 43.9 Å². The fourth-order valence-corrected chi connectivity index (χ4v) is 4.94. The maximum absolute atomic E-state index is 12.6. The Balaban J connectivity index is 1.10. The Morgan fingerprint density at radius 2 is 2.09 bits per heavy atom. The second kappa shape index (κ2) is 9.48. The molecule has 1 amide bonds. The first-order valence-electron chi connectivity index (χ1n) is 11.7. The van der Waals surface area contributed by atoms with E-state index >= 15 is 0 Å². The number of anilines is 2. The molecule has 5 rings (SSSR count). The van der Waals surface area contributed by atoms with Crippen molar-refractivity contribution in [2.75, 3.05) is 37.7 Å². The van der Waals surface area contributed by atoms with Gasteiger partial charge in [0.2, 0.25) is 0 Å². The predicted molar refractivity (Wildman–Crippen MR) is 132 cm³/mol. The molecular formula is C23H29ClN8O3. The number of aliphatic hydroxyl groups is 1. The standard InChI is InChI=1S/C23H29ClN8O3/c24-18-20(26)29-19(25)17(28-18)21(34)30-22-27-12-23(31-22)6-8-32(9-7-23)16(33)4-2-13-1-3-15-14(11-13)5-10-35-15/h1,3,11,16,33H,2,4-10,12H2,(H4,25,26,29)(H2,27,30,31,34). The number of nitrogen functional groups attached to an aromatic ring is 2. The van der Waals surface area contributed by atoms with E-state index in [1.54, 1.807) is 0 Å². The lowest BCUT2D eigenvalue weighted by molar-refractivity contribution is -0.0256. The van der Waals surface area contributed by atoms with Crippen LogP contribution < -0.4 is 26.8 Å². The molecule has 1 saturated heterocycles. The number of likely N-dealkylation sites (tertiary alicyclic amines) is 1. The highest BCUT2D eigenvalue weighted by atomic mass is 35.5. The molecule has 3 aliphatic heterocycles. The van der Waals surface area contributed by atoms with Crippen LogP contribution in [0.1, 0.15) is 40.9 Å². The highest BCUT2D eigenvalue weighted by molar-refractivity contribution is 6.31. The molecule has 1 fully saturated rings. The van der Waals surface area contributed by atoms with Crippen LogP contribution in [0.4, 0.5) is 11.6 Å². The zero-order chi connectivity index (χ0) is 24.6. The molecule has 2 aromatic rings. The summed E-state index contributed by atoms with van der Waals surface area (Å²) in [5, 5.41) is 16.7. The van der Waals surface area contributed by atoms with Crippen LogP contribution in [0.5, 0.6) is 5.75 Å². The number of nitrogens with two attached hydrogens (primary N) is 2. The number of amides is 1. The van der Waals surface area contributed by atoms with Crippen LogP contribution in [0.25, 0.3) is 0 Å². The Morgan fingerprint density at radius 3 is 2.89 bits per heavy atom. The summed E-state index contributed by atoms with van der Waals surface area (Å²) in [6.45, 7) is 2.75. The van der Waals surface area contributed by atoms with E-state index in [-0.39, 0.29) is 28.0 Å². The lowest BCUT2D eigenvalue weighted by Gasteiger charge is -2.41. The van der Waals surface area contributed by atoms with Crippen molar-refractivity contribution in [3.05, 3.63) is 40.2 Å². The number of piperidine rings is 1. The number of aliphatic imine (C=N–C) groups is 1. The zero-order valence-electron chi connectivity index (χ0n) is 19.3. The molecule has 4 heterocycles. The number of rotatable bonds is 5. The molecule has 0 bridgehead atoms. The third-order valence-corrected chi connectivity index (χ3v) is 7.18. The van der Waals surface area contributed by atoms with Crippen LogP contribution >= 0.6 is 11.6 Å². The van der Waals surface area contributed by atoms with Crippen molar-refractivity contribution in [2.24, 2.45) is 4.99 Å². The smallest absolute Gasteiger partial charge is 0.280 e. The molecular weight excluding hydrogens is 472 g/mol. The minimum absolute atomic E-state index is 0.0353. The number of nitrogens with zero attached hydrogens (tertiary/aromatic N) is 4. The first-order chi connectivity index (χ1) is 16.8. The van der Waals surface area contributed by atoms with Gasteiger partial charge in [-0.05, 0) is 42.9 Å². The van der Waals surface area contributed by atoms with Gasteiger partial charge in [0.15, 0.2) is 28.4 Å². The minimum Gasteiger partial charge on any atom is -0.493 e. The zero-order valence-corrected chi connectivity index (χ0v) is 20.0. The van der Waals surface area contributed by atoms with Gasteiger partial charge >= 0.3 is 0 Å². The van der Waals surface area contributed by atoms with E-state index in [1.165, 1.54) is 11.1 Å². The van der Waals surface area contributed by atoms with Gasteiger partial charge in [-0.2, -0.15) is 0 Å². The summed E-state index contributed by atoms with van der Waals surface area (Å²) in [6.07, 6.45) is 3.51. The normalized spacial score (nSPS) is 19.5. The molecule has 1 spiro atoms. The van der Waals surface area contributed by atoms with Crippen molar-refractivity contribution in [3.63, 3.8) is 0 Å². The monoisotopic (exact) mass is 500 g/mol. The summed E-state index contributed by atoms with van der Waals surface area (Å²) in [5.41, 5.74) is 13.4. The van der Waals surface area contributed by atoms with Crippen molar-refractivity contribution < 1.29 is 14.6 Å². The van der Waals surface area contributed by atoms with Gasteiger partial charge in [0.1, 0.15) is 12.0 Å². The fourth-order valence-electron chi connectivity index (χ4n) is 4.81. The number of fused-ring (bicyclic) bond motifs is 1. The number of guanidine groups is 1. The maximum Gasteiger partial charge on any atom is 0.280 e. The third-order valence-electron chi connectivity index (χ3n) is 6.90. The maximum atomic E-state index is 12.6. The Bertz CT molecular complexity index is 1170. The van der Waals surface area contributed by atoms with Gasteiger partial charge < -0.3 is 26.6 Å². The number of hydrogen-bond acceptors (Lipinski definition) is 10. The van der Waals surface area contributed by atoms with Crippen molar-refractivity contribution in [1.82, 2.24) is 25.5 Å². The average Bonchev–Trinajstić information content (AvgIpc) is 3.47. The minimum atomic E-state index is -0.564.